The van der Waals surface area contributed by atoms with Crippen molar-refractivity contribution < 1.29 is 39.1 Å². The summed E-state index contributed by atoms with van der Waals surface area (Å²) < 4.78 is 0. The minimum atomic E-state index is -0.934. The summed E-state index contributed by atoms with van der Waals surface area (Å²) in [6.45, 7) is 26.4. The third-order valence-corrected chi connectivity index (χ3v) is 17.0. The van der Waals surface area contributed by atoms with Crippen LogP contribution < -0.4 is 0 Å². The molecule has 314 valence electrons. The zero-order valence-electron chi connectivity index (χ0n) is 36.2. The normalized spacial score (nSPS) is 37.9. The molecule has 0 radical (unpaired) electrons. The number of fused-ring (bicyclic) bond motifs is 7. The lowest BCUT2D eigenvalue weighted by Crippen LogP contribution is -2.66. The fourth-order valence-electron chi connectivity index (χ4n) is 14.2. The maximum atomic E-state index is 12.6. The second-order valence-electron chi connectivity index (χ2n) is 22.0. The molecule has 0 saturated heterocycles. The number of nitrogens with zero attached hydrogens (tertiary/aromatic N) is 2. The Hall–Kier alpha value is -3.04. The second-order valence-corrected chi connectivity index (χ2v) is 22.0. The van der Waals surface area contributed by atoms with E-state index in [0.717, 1.165) is 44.9 Å². The van der Waals surface area contributed by atoms with Gasteiger partial charge in [-0.15, -0.1) is 0 Å². The van der Waals surface area contributed by atoms with E-state index in [9.17, 15) is 29.4 Å². The molecule has 0 spiro atoms. The first-order valence-electron chi connectivity index (χ1n) is 21.4. The van der Waals surface area contributed by atoms with Gasteiger partial charge in [0.05, 0.1) is 25.7 Å². The third kappa shape index (κ3) is 8.28. The minimum Gasteiger partial charge on any atom is -0.481 e. The van der Waals surface area contributed by atoms with E-state index in [1.54, 1.807) is 27.7 Å². The lowest BCUT2D eigenvalue weighted by atomic mass is 9.32. The van der Waals surface area contributed by atoms with Crippen LogP contribution in [0.25, 0.3) is 0 Å². The van der Waals surface area contributed by atoms with Crippen molar-refractivity contribution in [1.29, 1.82) is 0 Å². The molecule has 0 unspecified atom stereocenters. The Labute approximate surface area is 336 Å². The molecule has 0 aliphatic heterocycles. The van der Waals surface area contributed by atoms with Crippen LogP contribution in [0.3, 0.4) is 0 Å². The van der Waals surface area contributed by atoms with Crippen LogP contribution in [0.5, 0.6) is 0 Å². The highest BCUT2D eigenvalue weighted by Gasteiger charge is 2.70. The summed E-state index contributed by atoms with van der Waals surface area (Å²) >= 11 is 0. The fraction of sp³-hybridized carbons (Fsp3) is 0.826. The Kier molecular flexibility index (Phi) is 12.3. The van der Waals surface area contributed by atoms with E-state index in [0.29, 0.717) is 29.6 Å². The van der Waals surface area contributed by atoms with E-state index in [1.807, 2.05) is 12.4 Å². The van der Waals surface area contributed by atoms with E-state index in [4.69, 9.17) is 9.68 Å². The number of carboxylic acids is 2. The van der Waals surface area contributed by atoms with Crippen LogP contribution in [-0.2, 0) is 28.9 Å². The average molecular weight is 781 g/mol. The number of hydrogen-bond donors (Lipinski definition) is 2. The molecule has 0 bridgehead atoms. The zero-order valence-corrected chi connectivity index (χ0v) is 36.2. The van der Waals surface area contributed by atoms with Gasteiger partial charge in [0, 0.05) is 18.3 Å². The first kappa shape index (κ1) is 44.1. The van der Waals surface area contributed by atoms with Gasteiger partial charge in [0.1, 0.15) is 0 Å². The van der Waals surface area contributed by atoms with Crippen LogP contribution in [0.15, 0.2) is 22.5 Å². The van der Waals surface area contributed by atoms with E-state index < -0.39 is 34.7 Å². The van der Waals surface area contributed by atoms with Crippen LogP contribution in [0.4, 0.5) is 0 Å². The third-order valence-electron chi connectivity index (χ3n) is 17.0. The number of carbonyl (C=O) groups excluding carboxylic acids is 2. The maximum absolute atomic E-state index is 12.6. The summed E-state index contributed by atoms with van der Waals surface area (Å²) in [6, 6.07) is 0. The molecule has 10 heteroatoms. The molecule has 0 amide bonds. The predicted octanol–water partition coefficient (Wildman–Crippen LogP) is 10.5. The van der Waals surface area contributed by atoms with Crippen molar-refractivity contribution in [2.75, 3.05) is 0 Å². The molecular weight excluding hydrogens is 709 g/mol. The average Bonchev–Trinajstić information content (AvgIpc) is 3.43. The smallest absolute Gasteiger partial charge is 0.335 e. The van der Waals surface area contributed by atoms with E-state index in [-0.39, 0.29) is 58.7 Å². The van der Waals surface area contributed by atoms with Crippen LogP contribution in [0.2, 0.25) is 0 Å². The van der Waals surface area contributed by atoms with Crippen LogP contribution in [0, 0.1) is 73.4 Å². The van der Waals surface area contributed by atoms with E-state index in [2.05, 4.69) is 58.4 Å². The van der Waals surface area contributed by atoms with E-state index >= 15 is 0 Å². The largest absolute Gasteiger partial charge is 0.481 e. The molecule has 0 aromatic heterocycles. The number of rotatable bonds is 14. The molecule has 10 atom stereocenters. The van der Waals surface area contributed by atoms with Gasteiger partial charge in [-0.25, -0.2) is 9.59 Å². The number of carbonyl (C=O) groups is 4. The van der Waals surface area contributed by atoms with Gasteiger partial charge < -0.3 is 19.9 Å². The molecule has 5 aliphatic carbocycles. The highest BCUT2D eigenvalue weighted by molar-refractivity contribution is 5.74. The minimum absolute atomic E-state index is 0.000277. The molecule has 56 heavy (non-hydrogen) atoms. The fourth-order valence-corrected chi connectivity index (χ4v) is 14.2. The van der Waals surface area contributed by atoms with Crippen LogP contribution in [-0.4, -0.2) is 46.5 Å². The monoisotopic (exact) mass is 781 g/mol. The van der Waals surface area contributed by atoms with Gasteiger partial charge in [0.15, 0.2) is 0 Å². The summed E-state index contributed by atoms with van der Waals surface area (Å²) in [4.78, 5) is 58.3. The van der Waals surface area contributed by atoms with Crippen molar-refractivity contribution in [3.63, 3.8) is 0 Å². The standard InChI is InChI=1S/C46H72N2O8/c1-29(2)31-15-19-46(22-23-47-55-37(53)26-40(3,4)24-35(49)50)21-20-44(10)32(39(31)46)12-13-34-43(9)17-14-30(42(7,8)33(43)16-18-45(34,44)11)28-48-56-38(54)27-41(5,6)25-36(51)52/h23,28,30-34,39H,1,12-22,24-27H2,2-11H3,(H,49,50)(H,51,52)/b47-23-,48-28-/t30-,31+,32-,33+,34-,39-,43+,44-,45-,46-/m1/s1. The van der Waals surface area contributed by atoms with Crippen molar-refractivity contribution in [1.82, 2.24) is 0 Å². The number of hydrogen-bond acceptors (Lipinski definition) is 8. The lowest BCUT2D eigenvalue weighted by molar-refractivity contribution is -0.238. The molecule has 0 heterocycles. The number of aliphatic carboxylic acids is 2. The predicted molar refractivity (Wildman–Crippen MR) is 218 cm³/mol. The molecule has 5 saturated carbocycles. The van der Waals surface area contributed by atoms with Gasteiger partial charge in [-0.1, -0.05) is 84.8 Å². The van der Waals surface area contributed by atoms with Crippen LogP contribution in [0.1, 0.15) is 166 Å². The van der Waals surface area contributed by atoms with Gasteiger partial charge >= 0.3 is 23.9 Å². The Bertz CT molecular complexity index is 1610. The molecular formula is C46H72N2O8. The molecule has 5 fully saturated rings. The van der Waals surface area contributed by atoms with Crippen molar-refractivity contribution in [3.8, 4) is 0 Å². The Morgan fingerprint density at radius 2 is 1.30 bits per heavy atom. The number of allylic oxidation sites excluding steroid dienone is 1. The molecule has 0 aromatic carbocycles. The van der Waals surface area contributed by atoms with Crippen molar-refractivity contribution in [2.24, 2.45) is 83.7 Å². The molecule has 0 aromatic rings. The highest BCUT2D eigenvalue weighted by Crippen LogP contribution is 2.78. The molecule has 5 rings (SSSR count). The first-order chi connectivity index (χ1) is 25.8. The van der Waals surface area contributed by atoms with Gasteiger partial charge in [-0.05, 0) is 145 Å². The van der Waals surface area contributed by atoms with Crippen molar-refractivity contribution in [3.05, 3.63) is 12.2 Å². The molecule has 2 N–H and O–H groups in total. The maximum Gasteiger partial charge on any atom is 0.335 e. The van der Waals surface area contributed by atoms with Gasteiger partial charge in [0.2, 0.25) is 0 Å². The van der Waals surface area contributed by atoms with Gasteiger partial charge in [-0.2, -0.15) is 0 Å². The summed E-state index contributed by atoms with van der Waals surface area (Å²) in [7, 11) is 0. The first-order valence-corrected chi connectivity index (χ1v) is 21.4. The summed E-state index contributed by atoms with van der Waals surface area (Å²) in [5.74, 6) is -0.0418. The Balaban J connectivity index is 1.30. The topological polar surface area (TPSA) is 152 Å². The van der Waals surface area contributed by atoms with Crippen molar-refractivity contribution in [2.45, 2.75) is 166 Å². The SMILES string of the molecule is C=C(C)[C@@H]1CC[C@]2(C/C=N\OC(=O)CC(C)(C)CC(=O)O)CC[C@]3(C)[C@H](CC[C@@H]4[C@@]5(C)CC[C@H](/C=N\OC(=O)CC(C)(C)CC(=O)O)C(C)(C)[C@@H]5CC[C@]43C)[C@@H]12. The summed E-state index contributed by atoms with van der Waals surface area (Å²) in [6.07, 6.45) is 15.7. The quantitative estimate of drug-likeness (QED) is 0.0765. The number of oxime groups is 2. The second kappa shape index (κ2) is 15.6. The van der Waals surface area contributed by atoms with Gasteiger partial charge in [-0.3, -0.25) is 9.59 Å². The Morgan fingerprint density at radius 3 is 1.88 bits per heavy atom. The Morgan fingerprint density at radius 1 is 0.714 bits per heavy atom. The summed E-state index contributed by atoms with van der Waals surface area (Å²) in [5, 5.41) is 26.8. The van der Waals surface area contributed by atoms with Crippen LogP contribution >= 0.6 is 0 Å². The molecule has 5 aliphatic rings. The lowest BCUT2D eigenvalue weighted by Gasteiger charge is -2.73. The zero-order chi connectivity index (χ0) is 41.7. The van der Waals surface area contributed by atoms with Crippen molar-refractivity contribution >= 4 is 36.3 Å². The van der Waals surface area contributed by atoms with E-state index in [1.165, 1.54) is 31.3 Å². The molecule has 10 nitrogen and oxygen atoms in total. The number of carboxylic acid groups (broad SMARTS) is 2. The highest BCUT2D eigenvalue weighted by atomic mass is 16.7. The summed E-state index contributed by atoms with van der Waals surface area (Å²) in [5.41, 5.74) is 0.489. The van der Waals surface area contributed by atoms with Gasteiger partial charge in [0.25, 0.3) is 0 Å².